The van der Waals surface area contributed by atoms with Crippen LogP contribution < -0.4 is 5.73 Å². The fourth-order valence-electron chi connectivity index (χ4n) is 1.97. The first-order chi connectivity index (χ1) is 8.30. The van der Waals surface area contributed by atoms with Gasteiger partial charge in [-0.2, -0.15) is 4.31 Å². The van der Waals surface area contributed by atoms with E-state index in [0.29, 0.717) is 26.2 Å². The van der Waals surface area contributed by atoms with Gasteiger partial charge in [-0.05, 0) is 13.8 Å². The fourth-order valence-corrected chi connectivity index (χ4v) is 3.24. The molecule has 10 heteroatoms. The Labute approximate surface area is 132 Å². The number of carbonyl (C=O) groups is 1. The molecule has 122 valence electrons. The lowest BCUT2D eigenvalue weighted by atomic mass is 10.2. The zero-order valence-electron chi connectivity index (χ0n) is 11.6. The van der Waals surface area contributed by atoms with Gasteiger partial charge < -0.3 is 10.8 Å². The van der Waals surface area contributed by atoms with Crippen molar-refractivity contribution in [3.63, 3.8) is 0 Å². The normalized spacial score (nSPS) is 19.0. The summed E-state index contributed by atoms with van der Waals surface area (Å²) in [5, 5.41) is 8.54. The van der Waals surface area contributed by atoms with Gasteiger partial charge in [0.25, 0.3) is 0 Å². The maximum atomic E-state index is 11.9. The number of hydrogen-bond donors (Lipinski definition) is 2. The summed E-state index contributed by atoms with van der Waals surface area (Å²) >= 11 is 0. The van der Waals surface area contributed by atoms with E-state index < -0.39 is 27.3 Å². The smallest absolute Gasteiger partial charge is 0.322 e. The summed E-state index contributed by atoms with van der Waals surface area (Å²) in [6.07, 6.45) is 0. The minimum absolute atomic E-state index is 0. The Kier molecular flexibility index (Phi) is 9.99. The van der Waals surface area contributed by atoms with Crippen molar-refractivity contribution in [2.75, 3.05) is 32.7 Å². The van der Waals surface area contributed by atoms with Gasteiger partial charge >= 0.3 is 5.97 Å². The fraction of sp³-hybridized carbons (Fsp3) is 0.900. The Morgan fingerprint density at radius 3 is 1.95 bits per heavy atom. The molecule has 0 spiro atoms. The van der Waals surface area contributed by atoms with Crippen LogP contribution in [0, 0.1) is 0 Å². The first kappa shape index (κ1) is 22.2. The Bertz CT molecular complexity index is 397. The number of nitrogens with two attached hydrogens (primary N) is 1. The molecule has 1 unspecified atom stereocenters. The lowest BCUT2D eigenvalue weighted by Crippen LogP contribution is -2.56. The van der Waals surface area contributed by atoms with E-state index in [-0.39, 0.29) is 31.4 Å². The highest BCUT2D eigenvalue weighted by molar-refractivity contribution is 7.89. The van der Waals surface area contributed by atoms with E-state index in [1.54, 1.807) is 18.7 Å². The monoisotopic (exact) mass is 351 g/mol. The standard InChI is InChI=1S/C10H21N3O4S.2ClH/c1-8(2)18(16,17)13-5-3-12(4-6-13)9(7-11)10(14)15;;/h8-9H,3-7,11H2,1-2H3,(H,14,15);2*1H. The van der Waals surface area contributed by atoms with Gasteiger partial charge in [-0.1, -0.05) is 0 Å². The van der Waals surface area contributed by atoms with Gasteiger partial charge in [-0.25, -0.2) is 8.42 Å². The molecule has 1 atom stereocenters. The number of nitrogens with zero attached hydrogens (tertiary/aromatic N) is 2. The Morgan fingerprint density at radius 2 is 1.65 bits per heavy atom. The summed E-state index contributed by atoms with van der Waals surface area (Å²) in [6.45, 7) is 4.77. The molecule has 0 aliphatic carbocycles. The number of aliphatic carboxylic acids is 1. The quantitative estimate of drug-likeness (QED) is 0.698. The van der Waals surface area contributed by atoms with Gasteiger partial charge in [0.15, 0.2) is 0 Å². The van der Waals surface area contributed by atoms with Crippen molar-refractivity contribution >= 4 is 40.8 Å². The topological polar surface area (TPSA) is 104 Å². The molecule has 1 aliphatic heterocycles. The molecule has 1 heterocycles. The predicted molar refractivity (Wildman–Crippen MR) is 82.2 cm³/mol. The molecule has 0 amide bonds. The zero-order chi connectivity index (χ0) is 13.9. The van der Waals surface area contributed by atoms with E-state index in [2.05, 4.69) is 0 Å². The van der Waals surface area contributed by atoms with Crippen molar-refractivity contribution in [2.45, 2.75) is 25.1 Å². The second-order valence-electron chi connectivity index (χ2n) is 4.62. The van der Waals surface area contributed by atoms with Gasteiger partial charge in [-0.15, -0.1) is 24.8 Å². The molecule has 1 rings (SSSR count). The molecule has 7 nitrogen and oxygen atoms in total. The number of carboxylic acid groups (broad SMARTS) is 1. The molecular weight excluding hydrogens is 329 g/mol. The third kappa shape index (κ3) is 5.01. The lowest BCUT2D eigenvalue weighted by molar-refractivity contribution is -0.143. The van der Waals surface area contributed by atoms with Crippen LogP contribution in [0.4, 0.5) is 0 Å². The number of rotatable bonds is 5. The second-order valence-corrected chi connectivity index (χ2v) is 7.11. The summed E-state index contributed by atoms with van der Waals surface area (Å²) in [6, 6.07) is -0.728. The van der Waals surface area contributed by atoms with E-state index in [9.17, 15) is 13.2 Å². The minimum Gasteiger partial charge on any atom is -0.480 e. The summed E-state index contributed by atoms with van der Waals surface area (Å²) < 4.78 is 25.3. The molecule has 0 aromatic rings. The molecule has 1 aliphatic rings. The van der Waals surface area contributed by atoms with Gasteiger partial charge in [0.2, 0.25) is 10.0 Å². The summed E-state index contributed by atoms with van der Waals surface area (Å²) in [5.41, 5.74) is 5.42. The SMILES string of the molecule is CC(C)S(=O)(=O)N1CCN(C(CN)C(=O)O)CC1.Cl.Cl. The highest BCUT2D eigenvalue weighted by Crippen LogP contribution is 2.13. The number of halogens is 2. The van der Waals surface area contributed by atoms with Gasteiger partial charge in [0.1, 0.15) is 6.04 Å². The molecular formula is C10H23Cl2N3O4S. The second kappa shape index (κ2) is 9.01. The molecule has 20 heavy (non-hydrogen) atoms. The first-order valence-corrected chi connectivity index (χ1v) is 7.47. The average molecular weight is 352 g/mol. The van der Waals surface area contributed by atoms with Gasteiger partial charge in [0, 0.05) is 32.7 Å². The van der Waals surface area contributed by atoms with Crippen LogP contribution in [0.2, 0.25) is 0 Å². The van der Waals surface area contributed by atoms with Crippen LogP contribution in [0.5, 0.6) is 0 Å². The van der Waals surface area contributed by atoms with E-state index >= 15 is 0 Å². The van der Waals surface area contributed by atoms with Crippen LogP contribution in [0.1, 0.15) is 13.8 Å². The van der Waals surface area contributed by atoms with Crippen molar-refractivity contribution in [3.05, 3.63) is 0 Å². The number of sulfonamides is 1. The van der Waals surface area contributed by atoms with Crippen molar-refractivity contribution < 1.29 is 18.3 Å². The van der Waals surface area contributed by atoms with Crippen molar-refractivity contribution in [2.24, 2.45) is 5.73 Å². The first-order valence-electron chi connectivity index (χ1n) is 5.96. The largest absolute Gasteiger partial charge is 0.480 e. The molecule has 3 N–H and O–H groups in total. The third-order valence-electron chi connectivity index (χ3n) is 3.18. The molecule has 1 saturated heterocycles. The number of carboxylic acids is 1. The summed E-state index contributed by atoms with van der Waals surface area (Å²) in [4.78, 5) is 12.7. The number of hydrogen-bond acceptors (Lipinski definition) is 5. The molecule has 0 radical (unpaired) electrons. The molecule has 0 aromatic heterocycles. The minimum atomic E-state index is -3.25. The van der Waals surface area contributed by atoms with Crippen LogP contribution in [0.15, 0.2) is 0 Å². The molecule has 0 aromatic carbocycles. The number of piperazine rings is 1. The maximum absolute atomic E-state index is 11.9. The highest BCUT2D eigenvalue weighted by atomic mass is 35.5. The van der Waals surface area contributed by atoms with Gasteiger partial charge in [-0.3, -0.25) is 9.69 Å². The predicted octanol–water partition coefficient (Wildman–Crippen LogP) is -0.402. The van der Waals surface area contributed by atoms with E-state index in [1.165, 1.54) is 4.31 Å². The Hall–Kier alpha value is -0.120. The summed E-state index contributed by atoms with van der Waals surface area (Å²) in [5.74, 6) is -0.960. The van der Waals surface area contributed by atoms with Crippen molar-refractivity contribution in [1.82, 2.24) is 9.21 Å². The van der Waals surface area contributed by atoms with Crippen LogP contribution in [0.25, 0.3) is 0 Å². The lowest BCUT2D eigenvalue weighted by Gasteiger charge is -2.37. The van der Waals surface area contributed by atoms with Crippen LogP contribution >= 0.6 is 24.8 Å². The van der Waals surface area contributed by atoms with Crippen molar-refractivity contribution in [1.29, 1.82) is 0 Å². The van der Waals surface area contributed by atoms with Crippen LogP contribution in [-0.4, -0.2) is 72.7 Å². The summed E-state index contributed by atoms with van der Waals surface area (Å²) in [7, 11) is -3.25. The van der Waals surface area contributed by atoms with E-state index in [0.717, 1.165) is 0 Å². The van der Waals surface area contributed by atoms with E-state index in [1.807, 2.05) is 0 Å². The zero-order valence-corrected chi connectivity index (χ0v) is 14.0. The van der Waals surface area contributed by atoms with Crippen LogP contribution in [-0.2, 0) is 14.8 Å². The van der Waals surface area contributed by atoms with Crippen molar-refractivity contribution in [3.8, 4) is 0 Å². The molecule has 0 bridgehead atoms. The maximum Gasteiger partial charge on any atom is 0.322 e. The van der Waals surface area contributed by atoms with Crippen LogP contribution in [0.3, 0.4) is 0 Å². The highest BCUT2D eigenvalue weighted by Gasteiger charge is 2.33. The van der Waals surface area contributed by atoms with Gasteiger partial charge in [0.05, 0.1) is 5.25 Å². The Morgan fingerprint density at radius 1 is 1.20 bits per heavy atom. The Balaban J connectivity index is 0. The van der Waals surface area contributed by atoms with E-state index in [4.69, 9.17) is 10.8 Å². The third-order valence-corrected chi connectivity index (χ3v) is 5.45. The molecule has 1 fully saturated rings. The molecule has 0 saturated carbocycles. The average Bonchev–Trinajstić information content (AvgIpc) is 2.30.